The molecule has 11 heteroatoms. The highest BCUT2D eigenvalue weighted by molar-refractivity contribution is 7.89. The van der Waals surface area contributed by atoms with Crippen molar-refractivity contribution in [2.75, 3.05) is 32.6 Å². The molecule has 9 nitrogen and oxygen atoms in total. The summed E-state index contributed by atoms with van der Waals surface area (Å²) in [4.78, 5) is 24.6. The van der Waals surface area contributed by atoms with Crippen LogP contribution in [0, 0.1) is 5.82 Å². The Hall–Kier alpha value is -3.18. The van der Waals surface area contributed by atoms with Crippen molar-refractivity contribution in [3.8, 4) is 11.5 Å². The van der Waals surface area contributed by atoms with Gasteiger partial charge in [-0.15, -0.1) is 0 Å². The lowest BCUT2D eigenvalue weighted by Crippen LogP contribution is -2.36. The van der Waals surface area contributed by atoms with Crippen LogP contribution in [0.1, 0.15) is 36.5 Å². The number of esters is 1. The molecule has 34 heavy (non-hydrogen) atoms. The molecule has 1 aliphatic heterocycles. The van der Waals surface area contributed by atoms with E-state index in [2.05, 4.69) is 5.32 Å². The summed E-state index contributed by atoms with van der Waals surface area (Å²) >= 11 is 0. The zero-order valence-corrected chi connectivity index (χ0v) is 20.0. The first-order valence-electron chi connectivity index (χ1n) is 10.7. The monoisotopic (exact) mass is 494 g/mol. The third-order valence-corrected chi connectivity index (χ3v) is 7.33. The predicted molar refractivity (Wildman–Crippen MR) is 122 cm³/mol. The normalized spacial score (nSPS) is 15.3. The van der Waals surface area contributed by atoms with Gasteiger partial charge in [-0.2, -0.15) is 4.31 Å². The topological polar surface area (TPSA) is 111 Å². The van der Waals surface area contributed by atoms with Crippen LogP contribution in [-0.2, 0) is 19.6 Å². The number of nitrogens with one attached hydrogen (secondary N) is 1. The summed E-state index contributed by atoms with van der Waals surface area (Å²) < 4.78 is 56.9. The van der Waals surface area contributed by atoms with E-state index in [1.54, 1.807) is 18.2 Å². The van der Waals surface area contributed by atoms with Crippen molar-refractivity contribution < 1.29 is 36.6 Å². The summed E-state index contributed by atoms with van der Waals surface area (Å²) in [6, 6.07) is 7.76. The molecule has 0 spiro atoms. The molecule has 1 atom stereocenters. The summed E-state index contributed by atoms with van der Waals surface area (Å²) in [5, 5.41) is 2.60. The largest absolute Gasteiger partial charge is 0.497 e. The molecule has 1 amide bonds. The number of benzene rings is 2. The lowest BCUT2D eigenvalue weighted by molar-refractivity contribution is -0.123. The number of anilines is 1. The van der Waals surface area contributed by atoms with Crippen molar-refractivity contribution in [1.82, 2.24) is 4.31 Å². The van der Waals surface area contributed by atoms with Gasteiger partial charge in [0.25, 0.3) is 5.91 Å². The summed E-state index contributed by atoms with van der Waals surface area (Å²) in [7, 11) is -1.20. The minimum Gasteiger partial charge on any atom is -0.497 e. The number of nitrogens with zero attached hydrogens (tertiary/aromatic N) is 1. The van der Waals surface area contributed by atoms with Crippen LogP contribution in [-0.4, -0.2) is 58.0 Å². The fourth-order valence-electron chi connectivity index (χ4n) is 3.50. The second-order valence-electron chi connectivity index (χ2n) is 7.71. The Bertz CT molecular complexity index is 1160. The number of ether oxygens (including phenoxy) is 3. The highest BCUT2D eigenvalue weighted by atomic mass is 32.2. The zero-order valence-electron chi connectivity index (χ0n) is 19.2. The Morgan fingerprint density at radius 3 is 2.38 bits per heavy atom. The molecular weight excluding hydrogens is 467 g/mol. The van der Waals surface area contributed by atoms with Crippen LogP contribution in [0.2, 0.25) is 0 Å². The van der Waals surface area contributed by atoms with Crippen LogP contribution in [0.15, 0.2) is 41.3 Å². The van der Waals surface area contributed by atoms with Gasteiger partial charge in [-0.25, -0.2) is 17.6 Å². The first-order valence-corrected chi connectivity index (χ1v) is 12.1. The van der Waals surface area contributed by atoms with Crippen molar-refractivity contribution in [2.24, 2.45) is 0 Å². The Balaban J connectivity index is 1.74. The Kier molecular flexibility index (Phi) is 8.11. The summed E-state index contributed by atoms with van der Waals surface area (Å²) in [6.45, 7) is 1.94. The van der Waals surface area contributed by atoms with Crippen molar-refractivity contribution in [2.45, 2.75) is 37.2 Å². The van der Waals surface area contributed by atoms with Gasteiger partial charge >= 0.3 is 5.97 Å². The average molecular weight is 495 g/mol. The summed E-state index contributed by atoms with van der Waals surface area (Å²) in [6.07, 6.45) is 1.04. The smallest absolute Gasteiger partial charge is 0.338 e. The first kappa shape index (κ1) is 25.4. The number of piperidine rings is 1. The third kappa shape index (κ3) is 5.65. The number of methoxy groups -OCH3 is 2. The van der Waals surface area contributed by atoms with Gasteiger partial charge in [0.1, 0.15) is 22.2 Å². The number of carbonyl (C=O) groups is 2. The van der Waals surface area contributed by atoms with Gasteiger partial charge < -0.3 is 19.5 Å². The van der Waals surface area contributed by atoms with Crippen LogP contribution < -0.4 is 14.8 Å². The van der Waals surface area contributed by atoms with E-state index in [0.29, 0.717) is 43.1 Å². The predicted octanol–water partition coefficient (Wildman–Crippen LogP) is 3.20. The highest BCUT2D eigenvalue weighted by Crippen LogP contribution is 2.29. The number of sulfonamides is 1. The lowest BCUT2D eigenvalue weighted by atomic mass is 10.2. The maximum Gasteiger partial charge on any atom is 0.338 e. The molecule has 0 aliphatic carbocycles. The number of halogens is 1. The quantitative estimate of drug-likeness (QED) is 0.561. The standard InChI is InChI=1S/C23H27FN2O7S/c1-15(22(27)25-19-14-17(31-2)8-10-20(19)32-3)33-23(28)16-7-9-18(24)21(13-16)34(29,30)26-11-5-4-6-12-26/h7-10,13-15H,4-6,11-12H2,1-3H3,(H,25,27). The van der Waals surface area contributed by atoms with Gasteiger partial charge in [-0.05, 0) is 50.1 Å². The highest BCUT2D eigenvalue weighted by Gasteiger charge is 2.30. The van der Waals surface area contributed by atoms with E-state index in [1.807, 2.05) is 0 Å². The molecule has 2 aromatic carbocycles. The van der Waals surface area contributed by atoms with Crippen LogP contribution in [0.25, 0.3) is 0 Å². The van der Waals surface area contributed by atoms with E-state index >= 15 is 0 Å². The van der Waals surface area contributed by atoms with Gasteiger partial charge in [0.2, 0.25) is 10.0 Å². The van der Waals surface area contributed by atoms with Gasteiger partial charge in [0, 0.05) is 19.2 Å². The van der Waals surface area contributed by atoms with Crippen LogP contribution in [0.5, 0.6) is 11.5 Å². The Morgan fingerprint density at radius 1 is 1.03 bits per heavy atom. The molecule has 1 aliphatic rings. The molecule has 3 rings (SSSR count). The first-order chi connectivity index (χ1) is 16.2. The fourth-order valence-corrected chi connectivity index (χ4v) is 5.11. The van der Waals surface area contributed by atoms with E-state index < -0.39 is 38.7 Å². The van der Waals surface area contributed by atoms with Crippen molar-refractivity contribution in [1.29, 1.82) is 0 Å². The van der Waals surface area contributed by atoms with Crippen LogP contribution in [0.4, 0.5) is 10.1 Å². The molecule has 184 valence electrons. The molecular formula is C23H27FN2O7S. The molecule has 1 heterocycles. The second kappa shape index (κ2) is 10.8. The van der Waals surface area contributed by atoms with E-state index in [-0.39, 0.29) is 5.56 Å². The van der Waals surface area contributed by atoms with Crippen molar-refractivity contribution >= 4 is 27.6 Å². The van der Waals surface area contributed by atoms with Crippen molar-refractivity contribution in [3.05, 3.63) is 47.8 Å². The number of hydrogen-bond acceptors (Lipinski definition) is 7. The Morgan fingerprint density at radius 2 is 1.74 bits per heavy atom. The summed E-state index contributed by atoms with van der Waals surface area (Å²) in [5.41, 5.74) is 0.127. The molecule has 1 saturated heterocycles. The number of amides is 1. The van der Waals surface area contributed by atoms with Gasteiger partial charge in [-0.1, -0.05) is 6.42 Å². The number of hydrogen-bond donors (Lipinski definition) is 1. The number of rotatable bonds is 8. The molecule has 1 N–H and O–H groups in total. The van der Waals surface area contributed by atoms with Gasteiger partial charge in [-0.3, -0.25) is 4.79 Å². The Labute approximate surface area is 197 Å². The molecule has 0 aromatic heterocycles. The second-order valence-corrected chi connectivity index (χ2v) is 9.62. The van der Waals surface area contributed by atoms with E-state index in [9.17, 15) is 22.4 Å². The fraction of sp³-hybridized carbons (Fsp3) is 0.391. The lowest BCUT2D eigenvalue weighted by Gasteiger charge is -2.26. The third-order valence-electron chi connectivity index (χ3n) is 5.42. The minimum absolute atomic E-state index is 0.185. The van der Waals surface area contributed by atoms with E-state index in [4.69, 9.17) is 14.2 Å². The summed E-state index contributed by atoms with van der Waals surface area (Å²) in [5.74, 6) is -1.72. The molecule has 0 saturated carbocycles. The number of carbonyl (C=O) groups excluding carboxylic acids is 2. The van der Waals surface area contributed by atoms with Crippen molar-refractivity contribution in [3.63, 3.8) is 0 Å². The minimum atomic E-state index is -4.10. The maximum absolute atomic E-state index is 14.4. The van der Waals surface area contributed by atoms with E-state index in [1.165, 1.54) is 25.4 Å². The van der Waals surface area contributed by atoms with Gasteiger partial charge in [0.05, 0.1) is 25.5 Å². The molecule has 2 aromatic rings. The zero-order chi connectivity index (χ0) is 24.9. The van der Waals surface area contributed by atoms with Gasteiger partial charge in [0.15, 0.2) is 6.10 Å². The average Bonchev–Trinajstić information content (AvgIpc) is 2.84. The molecule has 1 unspecified atom stereocenters. The maximum atomic E-state index is 14.4. The van der Waals surface area contributed by atoms with Crippen LogP contribution >= 0.6 is 0 Å². The molecule has 0 radical (unpaired) electrons. The SMILES string of the molecule is COc1ccc(OC)c(NC(=O)C(C)OC(=O)c2ccc(F)c(S(=O)(=O)N3CCCCC3)c2)c1. The molecule has 0 bridgehead atoms. The van der Waals surface area contributed by atoms with E-state index in [0.717, 1.165) is 24.6 Å². The van der Waals surface area contributed by atoms with Crippen LogP contribution in [0.3, 0.4) is 0 Å². The molecule has 1 fully saturated rings.